The van der Waals surface area contributed by atoms with Gasteiger partial charge in [0.15, 0.2) is 0 Å². The van der Waals surface area contributed by atoms with Crippen molar-refractivity contribution in [2.24, 2.45) is 11.3 Å². The smallest absolute Gasteiger partial charge is 0.204 e. The van der Waals surface area contributed by atoms with Crippen LogP contribution in [0.25, 0.3) is 0 Å². The normalized spacial score (nSPS) is 32.3. The van der Waals surface area contributed by atoms with E-state index in [1.165, 1.54) is 0 Å². The zero-order chi connectivity index (χ0) is 9.90. The monoisotopic (exact) mass is 183 g/mol. The Kier molecular flexibility index (Phi) is 3.07. The lowest BCUT2D eigenvalue weighted by atomic mass is 9.74. The van der Waals surface area contributed by atoms with Crippen molar-refractivity contribution in [3.8, 4) is 0 Å². The molecule has 0 saturated carbocycles. The average molecular weight is 183 g/mol. The SMILES string of the molecule is CCC1(CC[N+](=O)[O-])C=CCC1C. The van der Waals surface area contributed by atoms with E-state index in [2.05, 4.69) is 26.0 Å². The molecule has 13 heavy (non-hydrogen) atoms. The van der Waals surface area contributed by atoms with E-state index < -0.39 is 0 Å². The molecule has 0 amide bonds. The van der Waals surface area contributed by atoms with Gasteiger partial charge in [-0.15, -0.1) is 0 Å². The van der Waals surface area contributed by atoms with Crippen LogP contribution in [-0.4, -0.2) is 11.5 Å². The van der Waals surface area contributed by atoms with Gasteiger partial charge in [-0.1, -0.05) is 26.0 Å². The molecule has 2 atom stereocenters. The molecule has 0 saturated heterocycles. The van der Waals surface area contributed by atoms with Crippen molar-refractivity contribution >= 4 is 0 Å². The molecule has 0 radical (unpaired) electrons. The fourth-order valence-corrected chi connectivity index (χ4v) is 2.18. The maximum absolute atomic E-state index is 10.3. The van der Waals surface area contributed by atoms with Crippen LogP contribution in [0.1, 0.15) is 33.1 Å². The van der Waals surface area contributed by atoms with Gasteiger partial charge >= 0.3 is 0 Å². The molecule has 3 nitrogen and oxygen atoms in total. The fraction of sp³-hybridized carbons (Fsp3) is 0.800. The molecule has 0 bridgehead atoms. The predicted molar refractivity (Wildman–Crippen MR) is 52.1 cm³/mol. The van der Waals surface area contributed by atoms with E-state index in [4.69, 9.17) is 0 Å². The molecule has 0 aromatic carbocycles. The minimum absolute atomic E-state index is 0.0997. The molecule has 1 aliphatic rings. The van der Waals surface area contributed by atoms with Crippen LogP contribution in [-0.2, 0) is 0 Å². The largest absolute Gasteiger partial charge is 0.265 e. The standard InChI is InChI=1S/C10H17NO2/c1-3-10(7-8-11(12)13)6-4-5-9(10)2/h4,6,9H,3,5,7-8H2,1-2H3. The number of nitrogens with zero attached hydrogens (tertiary/aromatic N) is 1. The molecule has 74 valence electrons. The quantitative estimate of drug-likeness (QED) is 0.382. The van der Waals surface area contributed by atoms with Crippen molar-refractivity contribution in [1.29, 1.82) is 0 Å². The highest BCUT2D eigenvalue weighted by Gasteiger charge is 2.35. The minimum Gasteiger partial charge on any atom is -0.265 e. The van der Waals surface area contributed by atoms with Gasteiger partial charge in [0.1, 0.15) is 0 Å². The maximum atomic E-state index is 10.3. The molecular weight excluding hydrogens is 166 g/mol. The first-order valence-corrected chi connectivity index (χ1v) is 4.90. The minimum atomic E-state index is -0.212. The lowest BCUT2D eigenvalue weighted by Gasteiger charge is -2.30. The summed E-state index contributed by atoms with van der Waals surface area (Å²) in [6.45, 7) is 4.40. The van der Waals surface area contributed by atoms with Gasteiger partial charge in [-0.25, -0.2) is 0 Å². The molecule has 3 heteroatoms. The van der Waals surface area contributed by atoms with E-state index in [-0.39, 0.29) is 16.9 Å². The molecule has 0 spiro atoms. The van der Waals surface area contributed by atoms with Crippen LogP contribution in [0.15, 0.2) is 12.2 Å². The van der Waals surface area contributed by atoms with Gasteiger partial charge in [-0.3, -0.25) is 10.1 Å². The van der Waals surface area contributed by atoms with Crippen LogP contribution < -0.4 is 0 Å². The topological polar surface area (TPSA) is 43.1 Å². The van der Waals surface area contributed by atoms with Crippen molar-refractivity contribution in [3.05, 3.63) is 22.3 Å². The molecule has 0 heterocycles. The summed E-state index contributed by atoms with van der Waals surface area (Å²) >= 11 is 0. The summed E-state index contributed by atoms with van der Waals surface area (Å²) < 4.78 is 0. The Morgan fingerprint density at radius 1 is 1.69 bits per heavy atom. The van der Waals surface area contributed by atoms with Crippen LogP contribution >= 0.6 is 0 Å². The highest BCUT2D eigenvalue weighted by atomic mass is 16.6. The van der Waals surface area contributed by atoms with Crippen LogP contribution in [0.3, 0.4) is 0 Å². The third-order valence-electron chi connectivity index (χ3n) is 3.34. The number of hydrogen-bond acceptors (Lipinski definition) is 2. The zero-order valence-corrected chi connectivity index (χ0v) is 8.32. The molecule has 0 fully saturated rings. The summed E-state index contributed by atoms with van der Waals surface area (Å²) in [4.78, 5) is 10.1. The lowest BCUT2D eigenvalue weighted by Crippen LogP contribution is -2.25. The van der Waals surface area contributed by atoms with Crippen molar-refractivity contribution in [2.75, 3.05) is 6.54 Å². The number of nitro groups is 1. The first kappa shape index (κ1) is 10.2. The second-order valence-corrected chi connectivity index (χ2v) is 3.93. The van der Waals surface area contributed by atoms with E-state index in [9.17, 15) is 10.1 Å². The first-order valence-electron chi connectivity index (χ1n) is 4.90. The molecule has 0 aromatic heterocycles. The fourth-order valence-electron chi connectivity index (χ4n) is 2.18. The Hall–Kier alpha value is -0.860. The number of allylic oxidation sites excluding steroid dienone is 2. The Labute approximate surface area is 79.0 Å². The summed E-state index contributed by atoms with van der Waals surface area (Å²) in [5, 5.41) is 10.3. The molecule has 0 N–H and O–H groups in total. The average Bonchev–Trinajstić information content (AvgIpc) is 2.45. The molecule has 1 rings (SSSR count). The second kappa shape index (κ2) is 3.90. The third-order valence-corrected chi connectivity index (χ3v) is 3.34. The predicted octanol–water partition coefficient (Wildman–Crippen LogP) is 2.65. The highest BCUT2D eigenvalue weighted by molar-refractivity contribution is 5.09. The van der Waals surface area contributed by atoms with Gasteiger partial charge in [0, 0.05) is 11.3 Å². The van der Waals surface area contributed by atoms with Crippen molar-refractivity contribution in [2.45, 2.75) is 33.1 Å². The van der Waals surface area contributed by atoms with Crippen LogP contribution in [0.4, 0.5) is 0 Å². The van der Waals surface area contributed by atoms with E-state index >= 15 is 0 Å². The first-order chi connectivity index (χ1) is 6.10. The highest BCUT2D eigenvalue weighted by Crippen LogP contribution is 2.43. The van der Waals surface area contributed by atoms with Crippen molar-refractivity contribution in [1.82, 2.24) is 0 Å². The molecule has 2 unspecified atom stereocenters. The lowest BCUT2D eigenvalue weighted by molar-refractivity contribution is -0.483. The molecular formula is C10H17NO2. The summed E-state index contributed by atoms with van der Waals surface area (Å²) in [7, 11) is 0. The van der Waals surface area contributed by atoms with Gasteiger partial charge in [-0.05, 0) is 24.2 Å². The second-order valence-electron chi connectivity index (χ2n) is 3.93. The van der Waals surface area contributed by atoms with E-state index in [0.717, 1.165) is 12.8 Å². The van der Waals surface area contributed by atoms with Crippen LogP contribution in [0.2, 0.25) is 0 Å². The van der Waals surface area contributed by atoms with E-state index in [1.807, 2.05) is 0 Å². The Morgan fingerprint density at radius 3 is 2.77 bits per heavy atom. The van der Waals surface area contributed by atoms with Crippen LogP contribution in [0, 0.1) is 21.4 Å². The number of rotatable bonds is 4. The zero-order valence-electron chi connectivity index (χ0n) is 8.32. The van der Waals surface area contributed by atoms with E-state index in [0.29, 0.717) is 12.3 Å². The summed E-state index contributed by atoms with van der Waals surface area (Å²) in [5.41, 5.74) is 0.104. The summed E-state index contributed by atoms with van der Waals surface area (Å²) in [6.07, 6.45) is 7.12. The number of hydrogen-bond donors (Lipinski definition) is 0. The molecule has 1 aliphatic carbocycles. The van der Waals surface area contributed by atoms with E-state index in [1.54, 1.807) is 0 Å². The Morgan fingerprint density at radius 2 is 2.38 bits per heavy atom. The van der Waals surface area contributed by atoms with Crippen LogP contribution in [0.5, 0.6) is 0 Å². The summed E-state index contributed by atoms with van der Waals surface area (Å²) in [6, 6.07) is 0. The van der Waals surface area contributed by atoms with Gasteiger partial charge in [0.2, 0.25) is 6.54 Å². The van der Waals surface area contributed by atoms with Crippen molar-refractivity contribution < 1.29 is 4.92 Å². The Bertz CT molecular complexity index is 225. The third kappa shape index (κ3) is 2.08. The van der Waals surface area contributed by atoms with Crippen molar-refractivity contribution in [3.63, 3.8) is 0 Å². The molecule has 0 aromatic rings. The maximum Gasteiger partial charge on any atom is 0.204 e. The van der Waals surface area contributed by atoms with Gasteiger partial charge in [0.05, 0.1) is 0 Å². The summed E-state index contributed by atoms with van der Waals surface area (Å²) in [5.74, 6) is 0.567. The van der Waals surface area contributed by atoms with Gasteiger partial charge in [0.25, 0.3) is 0 Å². The van der Waals surface area contributed by atoms with Gasteiger partial charge in [-0.2, -0.15) is 0 Å². The van der Waals surface area contributed by atoms with Gasteiger partial charge < -0.3 is 0 Å². The molecule has 0 aliphatic heterocycles. The Balaban J connectivity index is 2.59.